The van der Waals surface area contributed by atoms with Crippen molar-refractivity contribution in [1.82, 2.24) is 9.55 Å². The van der Waals surface area contributed by atoms with Gasteiger partial charge in [0.15, 0.2) is 0 Å². The second-order valence-corrected chi connectivity index (χ2v) is 4.45. The van der Waals surface area contributed by atoms with E-state index in [1.165, 1.54) is 22.0 Å². The monoisotopic (exact) mass is 299 g/mol. The summed E-state index contributed by atoms with van der Waals surface area (Å²) in [4.78, 5) is 27.5. The van der Waals surface area contributed by atoms with Gasteiger partial charge in [0, 0.05) is 12.2 Å². The summed E-state index contributed by atoms with van der Waals surface area (Å²) in [7, 11) is 0. The molecule has 0 saturated heterocycles. The third-order valence-corrected chi connectivity index (χ3v) is 2.94. The largest absolute Gasteiger partial charge is 0.381 e. The molecule has 1 heterocycles. The van der Waals surface area contributed by atoms with Crippen LogP contribution in [-0.4, -0.2) is 26.9 Å². The molecular weight excluding hydrogens is 286 g/mol. The van der Waals surface area contributed by atoms with Gasteiger partial charge < -0.3 is 19.6 Å². The van der Waals surface area contributed by atoms with Gasteiger partial charge in [0.05, 0.1) is 12.5 Å². The maximum atomic E-state index is 12.4. The van der Waals surface area contributed by atoms with Gasteiger partial charge in [-0.15, -0.1) is 0 Å². The molecule has 0 saturated carbocycles. The van der Waals surface area contributed by atoms with Crippen molar-refractivity contribution >= 4 is 17.4 Å². The Bertz CT molecular complexity index is 705. The molecule has 8 nitrogen and oxygen atoms in total. The number of nitrogens with zero attached hydrogens (tertiary/aromatic N) is 5. The van der Waals surface area contributed by atoms with Gasteiger partial charge in [-0.25, -0.2) is 0 Å². The number of carbonyl (C=O) groups excluding carboxylic acids is 1. The van der Waals surface area contributed by atoms with Crippen LogP contribution in [0.1, 0.15) is 6.42 Å². The average molecular weight is 299 g/mol. The summed E-state index contributed by atoms with van der Waals surface area (Å²) in [5.74, 6) is -0.579. The summed E-state index contributed by atoms with van der Waals surface area (Å²) in [6, 6.07) is 11.0. The molecule has 0 aliphatic heterocycles. The lowest BCUT2D eigenvalue weighted by molar-refractivity contribution is -0.389. The van der Waals surface area contributed by atoms with Crippen molar-refractivity contribution in [2.24, 2.45) is 0 Å². The van der Waals surface area contributed by atoms with Crippen LogP contribution in [-0.2, 0) is 11.3 Å². The molecule has 0 spiro atoms. The van der Waals surface area contributed by atoms with Gasteiger partial charge in [-0.3, -0.25) is 4.79 Å². The van der Waals surface area contributed by atoms with Gasteiger partial charge in [0.2, 0.25) is 12.2 Å². The van der Waals surface area contributed by atoms with Crippen molar-refractivity contribution in [2.45, 2.75) is 13.0 Å². The Morgan fingerprint density at radius 2 is 2.14 bits per heavy atom. The Morgan fingerprint density at radius 1 is 1.41 bits per heavy atom. The normalized spacial score (nSPS) is 9.95. The number of para-hydroxylation sites is 1. The summed E-state index contributed by atoms with van der Waals surface area (Å²) in [6.07, 6.45) is 2.64. The van der Waals surface area contributed by atoms with E-state index in [9.17, 15) is 14.9 Å². The molecule has 0 atom stereocenters. The molecule has 1 amide bonds. The van der Waals surface area contributed by atoms with E-state index in [0.717, 1.165) is 0 Å². The minimum atomic E-state index is -0.619. The zero-order chi connectivity index (χ0) is 15.9. The first-order valence-electron chi connectivity index (χ1n) is 6.50. The van der Waals surface area contributed by atoms with E-state index in [4.69, 9.17) is 5.26 Å². The Hall–Kier alpha value is -3.21. The molecule has 2 aromatic rings. The molecule has 22 heavy (non-hydrogen) atoms. The number of rotatable bonds is 6. The third-order valence-electron chi connectivity index (χ3n) is 2.94. The molecule has 0 fully saturated rings. The maximum absolute atomic E-state index is 12.4. The fourth-order valence-electron chi connectivity index (χ4n) is 1.94. The zero-order valence-electron chi connectivity index (χ0n) is 11.6. The number of aromatic nitrogens is 2. The predicted octanol–water partition coefficient (Wildman–Crippen LogP) is 1.74. The lowest BCUT2D eigenvalue weighted by Gasteiger charge is -2.21. The van der Waals surface area contributed by atoms with Crippen molar-refractivity contribution in [3.05, 3.63) is 53.0 Å². The molecule has 1 aromatic heterocycles. The van der Waals surface area contributed by atoms with E-state index in [1.807, 2.05) is 12.1 Å². The van der Waals surface area contributed by atoms with Crippen molar-refractivity contribution < 1.29 is 9.72 Å². The minimum absolute atomic E-state index is 0.0822. The van der Waals surface area contributed by atoms with Crippen LogP contribution in [0.15, 0.2) is 42.9 Å². The van der Waals surface area contributed by atoms with E-state index >= 15 is 0 Å². The number of amides is 1. The van der Waals surface area contributed by atoms with E-state index in [1.54, 1.807) is 24.3 Å². The Kier molecular flexibility index (Phi) is 4.82. The third kappa shape index (κ3) is 3.67. The molecule has 0 bridgehead atoms. The Morgan fingerprint density at radius 3 is 2.73 bits per heavy atom. The van der Waals surface area contributed by atoms with Crippen LogP contribution in [0.25, 0.3) is 0 Å². The minimum Gasteiger partial charge on any atom is -0.358 e. The highest BCUT2D eigenvalue weighted by Gasteiger charge is 2.18. The highest BCUT2D eigenvalue weighted by atomic mass is 16.6. The van der Waals surface area contributed by atoms with Gasteiger partial charge in [-0.05, 0) is 22.0 Å². The second-order valence-electron chi connectivity index (χ2n) is 4.45. The van der Waals surface area contributed by atoms with Crippen LogP contribution in [0, 0.1) is 21.4 Å². The van der Waals surface area contributed by atoms with Gasteiger partial charge in [-0.1, -0.05) is 18.2 Å². The van der Waals surface area contributed by atoms with Crippen LogP contribution < -0.4 is 4.90 Å². The SMILES string of the molecule is N#CCCN(C(=O)Cn1cnc([N+](=O)[O-])c1)c1ccccc1. The van der Waals surface area contributed by atoms with Crippen molar-refractivity contribution in [3.63, 3.8) is 0 Å². The Balaban J connectivity index is 2.14. The van der Waals surface area contributed by atoms with Crippen LogP contribution in [0.5, 0.6) is 0 Å². The summed E-state index contributed by atoms with van der Waals surface area (Å²) >= 11 is 0. The Labute approximate surface area is 126 Å². The quantitative estimate of drug-likeness (QED) is 0.596. The maximum Gasteiger partial charge on any atom is 0.381 e. The predicted molar refractivity (Wildman–Crippen MR) is 77.9 cm³/mol. The van der Waals surface area contributed by atoms with Crippen LogP contribution >= 0.6 is 0 Å². The number of benzene rings is 1. The van der Waals surface area contributed by atoms with E-state index in [0.29, 0.717) is 5.69 Å². The summed E-state index contributed by atoms with van der Waals surface area (Å²) in [6.45, 7) is 0.178. The molecule has 0 unspecified atom stereocenters. The van der Waals surface area contributed by atoms with Gasteiger partial charge in [0.25, 0.3) is 0 Å². The number of hydrogen-bond donors (Lipinski definition) is 0. The lowest BCUT2D eigenvalue weighted by Crippen LogP contribution is -2.34. The molecule has 0 N–H and O–H groups in total. The van der Waals surface area contributed by atoms with Crippen LogP contribution in [0.4, 0.5) is 11.5 Å². The smallest absolute Gasteiger partial charge is 0.358 e. The van der Waals surface area contributed by atoms with Gasteiger partial charge in [-0.2, -0.15) is 5.26 Å². The highest BCUT2D eigenvalue weighted by Crippen LogP contribution is 2.15. The summed E-state index contributed by atoms with van der Waals surface area (Å²) in [5.41, 5.74) is 0.678. The standard InChI is InChI=1S/C14H13N5O3/c15-7-4-8-18(12-5-2-1-3-6-12)14(20)10-17-9-13(16-11-17)19(21)22/h1-3,5-6,9,11H,4,8,10H2. The molecule has 8 heteroatoms. The lowest BCUT2D eigenvalue weighted by atomic mass is 10.2. The van der Waals surface area contributed by atoms with Crippen molar-refractivity contribution in [3.8, 4) is 6.07 Å². The highest BCUT2D eigenvalue weighted by molar-refractivity contribution is 5.93. The molecule has 2 rings (SSSR count). The number of nitriles is 1. The first kappa shape index (κ1) is 15.2. The van der Waals surface area contributed by atoms with E-state index < -0.39 is 4.92 Å². The zero-order valence-corrected chi connectivity index (χ0v) is 11.6. The van der Waals surface area contributed by atoms with Crippen molar-refractivity contribution in [2.75, 3.05) is 11.4 Å². The average Bonchev–Trinajstić information content (AvgIpc) is 2.97. The number of imidazole rings is 1. The first-order chi connectivity index (χ1) is 10.6. The van der Waals surface area contributed by atoms with Gasteiger partial charge in [0.1, 0.15) is 12.7 Å². The molecule has 112 valence electrons. The fraction of sp³-hybridized carbons (Fsp3) is 0.214. The molecule has 1 aromatic carbocycles. The topological polar surface area (TPSA) is 105 Å². The number of anilines is 1. The second kappa shape index (κ2) is 6.99. The summed E-state index contributed by atoms with van der Waals surface area (Å²) < 4.78 is 1.35. The summed E-state index contributed by atoms with van der Waals surface area (Å²) in [5, 5.41) is 19.3. The van der Waals surface area contributed by atoms with Crippen LogP contribution in [0.3, 0.4) is 0 Å². The molecule has 0 aliphatic rings. The number of nitro groups is 1. The number of hydrogen-bond acceptors (Lipinski definition) is 5. The molecular formula is C14H13N5O3. The molecule has 0 radical (unpaired) electrons. The molecule has 0 aliphatic carbocycles. The van der Waals surface area contributed by atoms with Gasteiger partial charge >= 0.3 is 5.82 Å². The van der Waals surface area contributed by atoms with E-state index in [2.05, 4.69) is 4.98 Å². The van der Waals surface area contributed by atoms with Crippen LogP contribution in [0.2, 0.25) is 0 Å². The first-order valence-corrected chi connectivity index (χ1v) is 6.50. The number of carbonyl (C=O) groups is 1. The fourth-order valence-corrected chi connectivity index (χ4v) is 1.94. The van der Waals surface area contributed by atoms with Crippen molar-refractivity contribution in [1.29, 1.82) is 5.26 Å². The van der Waals surface area contributed by atoms with E-state index in [-0.39, 0.29) is 31.2 Å².